The lowest BCUT2D eigenvalue weighted by Crippen LogP contribution is -2.52. The molecule has 1 rings (SSSR count). The van der Waals surface area contributed by atoms with Gasteiger partial charge in [0.1, 0.15) is 0 Å². The highest BCUT2D eigenvalue weighted by molar-refractivity contribution is 5.93. The highest BCUT2D eigenvalue weighted by Crippen LogP contribution is 2.08. The van der Waals surface area contributed by atoms with Crippen molar-refractivity contribution in [2.75, 3.05) is 19.6 Å². The van der Waals surface area contributed by atoms with Crippen LogP contribution in [0.25, 0.3) is 0 Å². The molecule has 14 heavy (non-hydrogen) atoms. The zero-order chi connectivity index (χ0) is 10.6. The van der Waals surface area contributed by atoms with Crippen LogP contribution in [0.2, 0.25) is 0 Å². The first-order chi connectivity index (χ1) is 6.66. The fourth-order valence-corrected chi connectivity index (χ4v) is 1.76. The number of amides is 1. The lowest BCUT2D eigenvalue weighted by atomic mass is 10.1. The van der Waals surface area contributed by atoms with E-state index in [2.05, 4.69) is 19.2 Å². The first kappa shape index (κ1) is 11.2. The zero-order valence-corrected chi connectivity index (χ0v) is 9.34. The number of rotatable bonds is 2. The summed E-state index contributed by atoms with van der Waals surface area (Å²) in [7, 11) is 0. The average molecular weight is 196 g/mol. The molecule has 1 saturated heterocycles. The van der Waals surface area contributed by atoms with Gasteiger partial charge in [0.15, 0.2) is 0 Å². The second kappa shape index (κ2) is 5.15. The smallest absolute Gasteiger partial charge is 0.249 e. The van der Waals surface area contributed by atoms with Gasteiger partial charge in [0.25, 0.3) is 0 Å². The SMILES string of the molecule is CC/C=C(/C)C(=O)N1CCNCC1C. The van der Waals surface area contributed by atoms with Crippen LogP contribution in [-0.4, -0.2) is 36.5 Å². The summed E-state index contributed by atoms with van der Waals surface area (Å²) in [5.41, 5.74) is 0.876. The summed E-state index contributed by atoms with van der Waals surface area (Å²) >= 11 is 0. The van der Waals surface area contributed by atoms with Gasteiger partial charge in [-0.05, 0) is 20.3 Å². The Morgan fingerprint density at radius 2 is 2.36 bits per heavy atom. The molecule has 1 unspecified atom stereocenters. The number of nitrogens with one attached hydrogen (secondary N) is 1. The van der Waals surface area contributed by atoms with E-state index in [1.807, 2.05) is 17.9 Å². The van der Waals surface area contributed by atoms with Gasteiger partial charge in [-0.25, -0.2) is 0 Å². The predicted octanol–water partition coefficient (Wildman–Crippen LogP) is 1.16. The third-order valence-corrected chi connectivity index (χ3v) is 2.61. The lowest BCUT2D eigenvalue weighted by molar-refractivity contribution is -0.129. The number of carbonyl (C=O) groups is 1. The van der Waals surface area contributed by atoms with Crippen LogP contribution in [-0.2, 0) is 4.79 Å². The summed E-state index contributed by atoms with van der Waals surface area (Å²) < 4.78 is 0. The van der Waals surface area contributed by atoms with Crippen LogP contribution in [0.3, 0.4) is 0 Å². The van der Waals surface area contributed by atoms with Crippen molar-refractivity contribution in [2.45, 2.75) is 33.2 Å². The van der Waals surface area contributed by atoms with Gasteiger partial charge >= 0.3 is 0 Å². The molecule has 0 aromatic heterocycles. The summed E-state index contributed by atoms with van der Waals surface area (Å²) in [5.74, 6) is 0.195. The quantitative estimate of drug-likeness (QED) is 0.672. The van der Waals surface area contributed by atoms with Crippen LogP contribution in [0.1, 0.15) is 27.2 Å². The Balaban J connectivity index is 2.62. The van der Waals surface area contributed by atoms with Crippen LogP contribution in [0.5, 0.6) is 0 Å². The summed E-state index contributed by atoms with van der Waals surface area (Å²) in [6, 6.07) is 0.316. The highest BCUT2D eigenvalue weighted by Gasteiger charge is 2.23. The molecule has 0 radical (unpaired) electrons. The highest BCUT2D eigenvalue weighted by atomic mass is 16.2. The van der Waals surface area contributed by atoms with Gasteiger partial charge < -0.3 is 10.2 Å². The second-order valence-electron chi connectivity index (χ2n) is 3.85. The van der Waals surface area contributed by atoms with E-state index in [0.717, 1.165) is 31.6 Å². The Bertz CT molecular complexity index is 235. The van der Waals surface area contributed by atoms with Crippen molar-refractivity contribution in [1.29, 1.82) is 0 Å². The van der Waals surface area contributed by atoms with E-state index in [-0.39, 0.29) is 5.91 Å². The molecule has 3 nitrogen and oxygen atoms in total. The maximum absolute atomic E-state index is 11.9. The fraction of sp³-hybridized carbons (Fsp3) is 0.727. The number of hydrogen-bond acceptors (Lipinski definition) is 2. The Kier molecular flexibility index (Phi) is 4.14. The molecule has 80 valence electrons. The van der Waals surface area contributed by atoms with Crippen LogP contribution in [0, 0.1) is 0 Å². The first-order valence-corrected chi connectivity index (χ1v) is 5.35. The summed E-state index contributed by atoms with van der Waals surface area (Å²) in [6.07, 6.45) is 2.93. The largest absolute Gasteiger partial charge is 0.334 e. The van der Waals surface area contributed by atoms with E-state index >= 15 is 0 Å². The van der Waals surface area contributed by atoms with Crippen molar-refractivity contribution in [2.24, 2.45) is 0 Å². The summed E-state index contributed by atoms with van der Waals surface area (Å²) in [6.45, 7) is 8.69. The maximum atomic E-state index is 11.9. The fourth-order valence-electron chi connectivity index (χ4n) is 1.76. The van der Waals surface area contributed by atoms with Gasteiger partial charge in [0, 0.05) is 31.2 Å². The normalized spacial score (nSPS) is 23.8. The second-order valence-corrected chi connectivity index (χ2v) is 3.85. The predicted molar refractivity (Wildman–Crippen MR) is 58.1 cm³/mol. The molecule has 0 aromatic carbocycles. The number of hydrogen-bond donors (Lipinski definition) is 1. The van der Waals surface area contributed by atoms with Crippen molar-refractivity contribution >= 4 is 5.91 Å². The standard InChI is InChI=1S/C11H20N2O/c1-4-5-9(2)11(14)13-7-6-12-8-10(13)3/h5,10,12H,4,6-8H2,1-3H3/b9-5-. The molecule has 3 heteroatoms. The number of carbonyl (C=O) groups excluding carboxylic acids is 1. The zero-order valence-electron chi connectivity index (χ0n) is 9.34. The Morgan fingerprint density at radius 3 is 2.93 bits per heavy atom. The van der Waals surface area contributed by atoms with Crippen LogP contribution in [0.4, 0.5) is 0 Å². The van der Waals surface area contributed by atoms with Crippen LogP contribution >= 0.6 is 0 Å². The minimum atomic E-state index is 0.195. The average Bonchev–Trinajstić information content (AvgIpc) is 2.18. The summed E-state index contributed by atoms with van der Waals surface area (Å²) in [4.78, 5) is 13.9. The summed E-state index contributed by atoms with van der Waals surface area (Å²) in [5, 5.41) is 3.28. The molecule has 1 atom stereocenters. The van der Waals surface area contributed by atoms with E-state index in [0.29, 0.717) is 6.04 Å². The lowest BCUT2D eigenvalue weighted by Gasteiger charge is -2.34. The maximum Gasteiger partial charge on any atom is 0.249 e. The molecule has 1 aliphatic heterocycles. The molecule has 0 bridgehead atoms. The molecule has 1 aliphatic rings. The minimum Gasteiger partial charge on any atom is -0.334 e. The molecule has 0 saturated carbocycles. The molecule has 1 amide bonds. The van der Waals surface area contributed by atoms with E-state index in [4.69, 9.17) is 0 Å². The van der Waals surface area contributed by atoms with E-state index in [1.54, 1.807) is 0 Å². The van der Waals surface area contributed by atoms with E-state index in [9.17, 15) is 4.79 Å². The number of allylic oxidation sites excluding steroid dienone is 1. The molecule has 1 heterocycles. The molecule has 0 spiro atoms. The van der Waals surface area contributed by atoms with Gasteiger partial charge in [-0.15, -0.1) is 0 Å². The Morgan fingerprint density at radius 1 is 1.64 bits per heavy atom. The first-order valence-electron chi connectivity index (χ1n) is 5.35. The Labute approximate surface area is 86.2 Å². The monoisotopic (exact) mass is 196 g/mol. The van der Waals surface area contributed by atoms with Crippen molar-refractivity contribution in [1.82, 2.24) is 10.2 Å². The van der Waals surface area contributed by atoms with Gasteiger partial charge in [-0.3, -0.25) is 4.79 Å². The minimum absolute atomic E-state index is 0.195. The number of piperazine rings is 1. The van der Waals surface area contributed by atoms with Crippen molar-refractivity contribution in [3.8, 4) is 0 Å². The van der Waals surface area contributed by atoms with Crippen LogP contribution in [0.15, 0.2) is 11.6 Å². The molecular formula is C11H20N2O. The van der Waals surface area contributed by atoms with Crippen molar-refractivity contribution in [3.63, 3.8) is 0 Å². The third kappa shape index (κ3) is 2.58. The van der Waals surface area contributed by atoms with Gasteiger partial charge in [-0.1, -0.05) is 13.0 Å². The van der Waals surface area contributed by atoms with Crippen molar-refractivity contribution in [3.05, 3.63) is 11.6 Å². The molecule has 0 aromatic rings. The van der Waals surface area contributed by atoms with E-state index in [1.165, 1.54) is 0 Å². The van der Waals surface area contributed by atoms with Crippen molar-refractivity contribution < 1.29 is 4.79 Å². The molecule has 0 aliphatic carbocycles. The molecular weight excluding hydrogens is 176 g/mol. The molecule has 1 N–H and O–H groups in total. The van der Waals surface area contributed by atoms with Gasteiger partial charge in [0.05, 0.1) is 0 Å². The Hall–Kier alpha value is -0.830. The van der Waals surface area contributed by atoms with Crippen LogP contribution < -0.4 is 5.32 Å². The molecule has 1 fully saturated rings. The topological polar surface area (TPSA) is 32.3 Å². The van der Waals surface area contributed by atoms with Gasteiger partial charge in [-0.2, -0.15) is 0 Å². The third-order valence-electron chi connectivity index (χ3n) is 2.61. The van der Waals surface area contributed by atoms with Gasteiger partial charge in [0.2, 0.25) is 5.91 Å². The van der Waals surface area contributed by atoms with E-state index < -0.39 is 0 Å². The number of nitrogens with zero attached hydrogens (tertiary/aromatic N) is 1.